The molecule has 0 aromatic heterocycles. The van der Waals surface area contributed by atoms with Crippen LogP contribution < -0.4 is 10.1 Å². The number of carbonyl (C=O) groups is 2. The highest BCUT2D eigenvalue weighted by atomic mass is 79.9. The van der Waals surface area contributed by atoms with E-state index >= 15 is 0 Å². The monoisotopic (exact) mass is 358 g/mol. The van der Waals surface area contributed by atoms with Crippen molar-refractivity contribution in [2.75, 3.05) is 19.0 Å². The zero-order valence-corrected chi connectivity index (χ0v) is 12.8. The van der Waals surface area contributed by atoms with Gasteiger partial charge in [0, 0.05) is 23.5 Å². The topological polar surface area (TPSA) is 99.1 Å². The van der Waals surface area contributed by atoms with Crippen molar-refractivity contribution in [3.05, 3.63) is 22.7 Å². The summed E-state index contributed by atoms with van der Waals surface area (Å²) in [7, 11) is 1.51. The summed E-state index contributed by atoms with van der Waals surface area (Å²) >= 11 is 3.30. The summed E-state index contributed by atoms with van der Waals surface area (Å²) in [6.45, 7) is -0.00954. The largest absolute Gasteiger partial charge is 0.497 e. The number of nitrogens with one attached hydrogen (secondary N) is 1. The van der Waals surface area contributed by atoms with Crippen LogP contribution in [0.15, 0.2) is 22.7 Å². The van der Waals surface area contributed by atoms with Gasteiger partial charge in [-0.2, -0.15) is 0 Å². The number of aliphatic hydroxyl groups is 1. The summed E-state index contributed by atoms with van der Waals surface area (Å²) in [5, 5.41) is 21.3. The number of aliphatic hydroxyl groups excluding tert-OH is 1. The molecule has 2 amide bonds. The molecule has 8 heteroatoms. The van der Waals surface area contributed by atoms with Crippen molar-refractivity contribution >= 4 is 33.6 Å². The molecule has 2 rings (SSSR count). The molecule has 114 valence electrons. The number of rotatable bonds is 3. The molecule has 1 aliphatic heterocycles. The first-order chi connectivity index (χ1) is 9.92. The molecule has 1 saturated heterocycles. The zero-order valence-electron chi connectivity index (χ0n) is 11.2. The van der Waals surface area contributed by atoms with Gasteiger partial charge in [-0.3, -0.25) is 0 Å². The Morgan fingerprint density at radius 1 is 1.48 bits per heavy atom. The summed E-state index contributed by atoms with van der Waals surface area (Å²) in [5.74, 6) is -0.573. The van der Waals surface area contributed by atoms with Crippen LogP contribution in [0, 0.1) is 0 Å². The molecule has 2 atom stereocenters. The van der Waals surface area contributed by atoms with Gasteiger partial charge in [0.25, 0.3) is 0 Å². The molecule has 0 radical (unpaired) electrons. The minimum Gasteiger partial charge on any atom is -0.497 e. The molecule has 0 aliphatic carbocycles. The van der Waals surface area contributed by atoms with Crippen LogP contribution in [0.4, 0.5) is 10.5 Å². The fourth-order valence-corrected chi connectivity index (χ4v) is 2.53. The van der Waals surface area contributed by atoms with Gasteiger partial charge in [-0.1, -0.05) is 0 Å². The number of carboxylic acid groups (broad SMARTS) is 1. The Kier molecular flexibility index (Phi) is 4.69. The number of carbonyl (C=O) groups excluding carboxylic acids is 1. The minimum atomic E-state index is -1.13. The second-order valence-corrected chi connectivity index (χ2v) is 5.53. The van der Waals surface area contributed by atoms with E-state index in [1.807, 2.05) is 0 Å². The van der Waals surface area contributed by atoms with Crippen LogP contribution in [-0.2, 0) is 4.79 Å². The Morgan fingerprint density at radius 2 is 2.19 bits per heavy atom. The van der Waals surface area contributed by atoms with Crippen LogP contribution in [0.25, 0.3) is 0 Å². The van der Waals surface area contributed by atoms with Gasteiger partial charge in [-0.05, 0) is 28.1 Å². The normalized spacial score (nSPS) is 21.2. The summed E-state index contributed by atoms with van der Waals surface area (Å²) in [6.07, 6.45) is -0.798. The molecular weight excluding hydrogens is 344 g/mol. The first-order valence-corrected chi connectivity index (χ1v) is 7.03. The molecule has 0 bridgehead atoms. The number of anilines is 1. The van der Waals surface area contributed by atoms with E-state index in [0.29, 0.717) is 15.9 Å². The molecule has 0 unspecified atom stereocenters. The average molecular weight is 359 g/mol. The maximum Gasteiger partial charge on any atom is 0.326 e. The number of methoxy groups -OCH3 is 1. The van der Waals surface area contributed by atoms with Gasteiger partial charge in [0.05, 0.1) is 18.9 Å². The summed E-state index contributed by atoms with van der Waals surface area (Å²) < 4.78 is 5.72. The lowest BCUT2D eigenvalue weighted by Crippen LogP contribution is -2.43. The highest BCUT2D eigenvalue weighted by Gasteiger charge is 2.39. The second kappa shape index (κ2) is 6.31. The smallest absolute Gasteiger partial charge is 0.326 e. The molecule has 1 fully saturated rings. The van der Waals surface area contributed by atoms with E-state index in [2.05, 4.69) is 21.2 Å². The maximum absolute atomic E-state index is 12.2. The van der Waals surface area contributed by atoms with Crippen LogP contribution >= 0.6 is 15.9 Å². The van der Waals surface area contributed by atoms with Gasteiger partial charge in [-0.15, -0.1) is 0 Å². The van der Waals surface area contributed by atoms with Crippen molar-refractivity contribution < 1.29 is 24.5 Å². The van der Waals surface area contributed by atoms with Crippen molar-refractivity contribution in [3.63, 3.8) is 0 Å². The number of benzene rings is 1. The lowest BCUT2D eigenvalue weighted by Gasteiger charge is -2.22. The molecule has 1 aliphatic rings. The highest BCUT2D eigenvalue weighted by Crippen LogP contribution is 2.28. The fourth-order valence-electron chi connectivity index (χ4n) is 2.19. The van der Waals surface area contributed by atoms with Crippen LogP contribution in [0.5, 0.6) is 5.75 Å². The van der Waals surface area contributed by atoms with E-state index in [4.69, 9.17) is 9.84 Å². The third kappa shape index (κ3) is 3.45. The number of carboxylic acids is 1. The Labute approximate surface area is 129 Å². The predicted molar refractivity (Wildman–Crippen MR) is 78.5 cm³/mol. The summed E-state index contributed by atoms with van der Waals surface area (Å²) in [5.41, 5.74) is 0.463. The van der Waals surface area contributed by atoms with E-state index in [9.17, 15) is 14.7 Å². The van der Waals surface area contributed by atoms with Crippen molar-refractivity contribution in [1.82, 2.24) is 4.90 Å². The van der Waals surface area contributed by atoms with Crippen LogP contribution in [0.1, 0.15) is 6.42 Å². The molecule has 1 aromatic carbocycles. The van der Waals surface area contributed by atoms with E-state index < -0.39 is 24.1 Å². The standard InChI is InChI=1S/C13H15BrN2O5/c1-21-8-2-3-9(14)10(5-8)15-13(20)16-6-7(17)4-11(16)12(18)19/h2-3,5,7,11,17H,4,6H2,1H3,(H,15,20)(H,18,19)/t7-,11-/m1/s1. The van der Waals surface area contributed by atoms with Gasteiger partial charge in [0.15, 0.2) is 0 Å². The molecule has 0 saturated carbocycles. The third-order valence-corrected chi connectivity index (χ3v) is 3.93. The molecule has 0 spiro atoms. The number of β-amino-alcohol motifs (C(OH)–C–C–N with tert-alkyl or cyclic N) is 1. The second-order valence-electron chi connectivity index (χ2n) is 4.67. The van der Waals surface area contributed by atoms with Gasteiger partial charge in [0.2, 0.25) is 0 Å². The molecule has 3 N–H and O–H groups in total. The van der Waals surface area contributed by atoms with E-state index in [0.717, 1.165) is 4.90 Å². The molecule has 1 heterocycles. The van der Waals surface area contributed by atoms with Crippen molar-refractivity contribution in [2.45, 2.75) is 18.6 Å². The Morgan fingerprint density at radius 3 is 2.81 bits per heavy atom. The molecule has 1 aromatic rings. The molecular formula is C13H15BrN2O5. The summed E-state index contributed by atoms with van der Waals surface area (Å²) in [6, 6.07) is 3.45. The van der Waals surface area contributed by atoms with Crippen LogP contribution in [0.2, 0.25) is 0 Å². The molecule has 7 nitrogen and oxygen atoms in total. The Bertz CT molecular complexity index is 565. The number of hydrogen-bond acceptors (Lipinski definition) is 4. The fraction of sp³-hybridized carbons (Fsp3) is 0.385. The van der Waals surface area contributed by atoms with Crippen molar-refractivity contribution in [2.24, 2.45) is 0 Å². The zero-order chi connectivity index (χ0) is 15.6. The quantitative estimate of drug-likeness (QED) is 0.760. The van der Waals surface area contributed by atoms with Crippen molar-refractivity contribution in [1.29, 1.82) is 0 Å². The number of hydrogen-bond donors (Lipinski definition) is 3. The van der Waals surface area contributed by atoms with Gasteiger partial charge in [-0.25, -0.2) is 9.59 Å². The minimum absolute atomic E-state index is 0.00954. The van der Waals surface area contributed by atoms with Crippen molar-refractivity contribution in [3.8, 4) is 5.75 Å². The number of halogens is 1. The first-order valence-electron chi connectivity index (χ1n) is 6.24. The van der Waals surface area contributed by atoms with Gasteiger partial charge in [0.1, 0.15) is 11.8 Å². The number of urea groups is 1. The first kappa shape index (κ1) is 15.6. The highest BCUT2D eigenvalue weighted by molar-refractivity contribution is 9.10. The van der Waals surface area contributed by atoms with E-state index in [1.165, 1.54) is 7.11 Å². The maximum atomic E-state index is 12.2. The van der Waals surface area contributed by atoms with Crippen LogP contribution in [0.3, 0.4) is 0 Å². The SMILES string of the molecule is COc1ccc(Br)c(NC(=O)N2C[C@H](O)C[C@@H]2C(=O)O)c1. The number of nitrogens with zero attached hydrogens (tertiary/aromatic N) is 1. The van der Waals surface area contributed by atoms with Gasteiger partial charge >= 0.3 is 12.0 Å². The Balaban J connectivity index is 2.16. The number of ether oxygens (including phenoxy) is 1. The molecule has 21 heavy (non-hydrogen) atoms. The number of amides is 2. The van der Waals surface area contributed by atoms with E-state index in [1.54, 1.807) is 18.2 Å². The van der Waals surface area contributed by atoms with Crippen LogP contribution in [-0.4, -0.2) is 52.9 Å². The number of likely N-dealkylation sites (tertiary alicyclic amines) is 1. The number of aliphatic carboxylic acids is 1. The average Bonchev–Trinajstić information content (AvgIpc) is 2.83. The van der Waals surface area contributed by atoms with E-state index in [-0.39, 0.29) is 13.0 Å². The lowest BCUT2D eigenvalue weighted by molar-refractivity contribution is -0.141. The summed E-state index contributed by atoms with van der Waals surface area (Å²) in [4.78, 5) is 24.4. The lowest BCUT2D eigenvalue weighted by atomic mass is 10.2. The third-order valence-electron chi connectivity index (χ3n) is 3.24. The predicted octanol–water partition coefficient (Wildman–Crippen LogP) is 1.51. The Hall–Kier alpha value is -1.80. The van der Waals surface area contributed by atoms with Gasteiger partial charge < -0.3 is 25.2 Å².